The van der Waals surface area contributed by atoms with Gasteiger partial charge in [-0.15, -0.1) is 0 Å². The number of aryl methyl sites for hydroxylation is 2. The smallest absolute Gasteiger partial charge is 0.0343 e. The van der Waals surface area contributed by atoms with Crippen LogP contribution in [0.1, 0.15) is 24.0 Å². The molecule has 3 N–H and O–H groups in total. The van der Waals surface area contributed by atoms with Gasteiger partial charge in [0.25, 0.3) is 0 Å². The van der Waals surface area contributed by atoms with Gasteiger partial charge < -0.3 is 11.1 Å². The van der Waals surface area contributed by atoms with Crippen LogP contribution in [0.2, 0.25) is 0 Å². The minimum Gasteiger partial charge on any atom is -0.384 e. The third-order valence-electron chi connectivity index (χ3n) is 3.56. The molecule has 1 saturated carbocycles. The van der Waals surface area contributed by atoms with Gasteiger partial charge in [-0.05, 0) is 61.9 Å². The van der Waals surface area contributed by atoms with Crippen LogP contribution in [0.3, 0.4) is 0 Å². The second-order valence-electron chi connectivity index (χ2n) is 4.86. The third kappa shape index (κ3) is 2.32. The summed E-state index contributed by atoms with van der Waals surface area (Å²) in [6, 6.07) is 6.52. The van der Waals surface area contributed by atoms with Gasteiger partial charge in [0.2, 0.25) is 0 Å². The quantitative estimate of drug-likeness (QED) is 0.790. The fourth-order valence-corrected chi connectivity index (χ4v) is 1.77. The number of nitrogens with one attached hydrogen (secondary N) is 1. The Morgan fingerprint density at radius 1 is 1.27 bits per heavy atom. The van der Waals surface area contributed by atoms with Crippen molar-refractivity contribution in [1.29, 1.82) is 0 Å². The van der Waals surface area contributed by atoms with E-state index in [1.54, 1.807) is 0 Å². The highest BCUT2D eigenvalue weighted by molar-refractivity contribution is 5.48. The van der Waals surface area contributed by atoms with E-state index in [4.69, 9.17) is 5.73 Å². The Kier molecular flexibility index (Phi) is 2.70. The first-order chi connectivity index (χ1) is 7.15. The largest absolute Gasteiger partial charge is 0.384 e. The maximum atomic E-state index is 5.75. The highest BCUT2D eigenvalue weighted by Gasteiger charge is 2.40. The van der Waals surface area contributed by atoms with E-state index >= 15 is 0 Å². The zero-order valence-electron chi connectivity index (χ0n) is 9.64. The highest BCUT2D eigenvalue weighted by atomic mass is 14.9. The lowest BCUT2D eigenvalue weighted by molar-refractivity contribution is 0.556. The molecule has 1 aromatic carbocycles. The van der Waals surface area contributed by atoms with Crippen molar-refractivity contribution in [3.63, 3.8) is 0 Å². The van der Waals surface area contributed by atoms with E-state index in [2.05, 4.69) is 37.4 Å². The summed E-state index contributed by atoms with van der Waals surface area (Å²) in [5.41, 5.74) is 10.1. The van der Waals surface area contributed by atoms with E-state index in [1.807, 2.05) is 0 Å². The maximum Gasteiger partial charge on any atom is 0.0343 e. The van der Waals surface area contributed by atoms with Crippen LogP contribution >= 0.6 is 0 Å². The molecular weight excluding hydrogens is 184 g/mol. The number of rotatable bonds is 4. The van der Waals surface area contributed by atoms with Gasteiger partial charge in [-0.3, -0.25) is 0 Å². The molecule has 82 valence electrons. The Hall–Kier alpha value is -1.02. The maximum absolute atomic E-state index is 5.75. The molecule has 0 aliphatic heterocycles. The van der Waals surface area contributed by atoms with Crippen LogP contribution in [0.15, 0.2) is 18.2 Å². The molecule has 1 aliphatic rings. The van der Waals surface area contributed by atoms with Crippen molar-refractivity contribution in [2.45, 2.75) is 26.7 Å². The van der Waals surface area contributed by atoms with Crippen molar-refractivity contribution in [3.05, 3.63) is 29.3 Å². The van der Waals surface area contributed by atoms with Crippen LogP contribution in [0.4, 0.5) is 5.69 Å². The Labute approximate surface area is 91.9 Å². The molecule has 15 heavy (non-hydrogen) atoms. The first-order valence-electron chi connectivity index (χ1n) is 5.66. The fourth-order valence-electron chi connectivity index (χ4n) is 1.77. The van der Waals surface area contributed by atoms with E-state index in [9.17, 15) is 0 Å². The molecule has 0 radical (unpaired) electrons. The van der Waals surface area contributed by atoms with Crippen LogP contribution < -0.4 is 11.1 Å². The summed E-state index contributed by atoms with van der Waals surface area (Å²) in [7, 11) is 0. The van der Waals surface area contributed by atoms with Gasteiger partial charge in [-0.25, -0.2) is 0 Å². The second kappa shape index (κ2) is 3.86. The molecule has 0 saturated heterocycles. The monoisotopic (exact) mass is 204 g/mol. The third-order valence-corrected chi connectivity index (χ3v) is 3.56. The molecule has 2 heteroatoms. The summed E-state index contributed by atoms with van der Waals surface area (Å²) < 4.78 is 0. The van der Waals surface area contributed by atoms with Gasteiger partial charge in [0.1, 0.15) is 0 Å². The zero-order valence-corrected chi connectivity index (χ0v) is 9.64. The second-order valence-corrected chi connectivity index (χ2v) is 4.86. The Morgan fingerprint density at radius 3 is 2.53 bits per heavy atom. The van der Waals surface area contributed by atoms with E-state index < -0.39 is 0 Å². The molecule has 2 rings (SSSR count). The first kappa shape index (κ1) is 10.5. The van der Waals surface area contributed by atoms with E-state index in [1.165, 1.54) is 29.7 Å². The van der Waals surface area contributed by atoms with Crippen molar-refractivity contribution < 1.29 is 0 Å². The van der Waals surface area contributed by atoms with Crippen LogP contribution in [0.25, 0.3) is 0 Å². The molecule has 0 atom stereocenters. The predicted molar refractivity (Wildman–Crippen MR) is 65.1 cm³/mol. The lowest BCUT2D eigenvalue weighted by Gasteiger charge is -2.15. The highest BCUT2D eigenvalue weighted by Crippen LogP contribution is 2.44. The van der Waals surface area contributed by atoms with Gasteiger partial charge >= 0.3 is 0 Å². The lowest BCUT2D eigenvalue weighted by Crippen LogP contribution is -2.24. The van der Waals surface area contributed by atoms with E-state index in [-0.39, 0.29) is 0 Å². The Morgan fingerprint density at radius 2 is 2.00 bits per heavy atom. The zero-order chi connectivity index (χ0) is 10.9. The Bertz CT molecular complexity index is 354. The average molecular weight is 204 g/mol. The van der Waals surface area contributed by atoms with E-state index in [0.717, 1.165) is 13.1 Å². The van der Waals surface area contributed by atoms with Gasteiger partial charge in [0.15, 0.2) is 0 Å². The van der Waals surface area contributed by atoms with E-state index in [0.29, 0.717) is 5.41 Å². The molecule has 1 aromatic rings. The Balaban J connectivity index is 1.96. The van der Waals surface area contributed by atoms with Gasteiger partial charge in [0, 0.05) is 12.2 Å². The minimum absolute atomic E-state index is 0.402. The summed E-state index contributed by atoms with van der Waals surface area (Å²) in [6.45, 7) is 6.12. The van der Waals surface area contributed by atoms with Crippen molar-refractivity contribution in [3.8, 4) is 0 Å². The van der Waals surface area contributed by atoms with Crippen molar-refractivity contribution >= 4 is 5.69 Å². The summed E-state index contributed by atoms with van der Waals surface area (Å²) >= 11 is 0. The van der Waals surface area contributed by atoms with Gasteiger partial charge in [0.05, 0.1) is 0 Å². The molecular formula is C13H20N2. The molecule has 0 unspecified atom stereocenters. The van der Waals surface area contributed by atoms with Crippen LogP contribution in [-0.4, -0.2) is 13.1 Å². The minimum atomic E-state index is 0.402. The molecule has 0 bridgehead atoms. The molecule has 0 amide bonds. The summed E-state index contributed by atoms with van der Waals surface area (Å²) in [5, 5.41) is 3.49. The van der Waals surface area contributed by atoms with Crippen LogP contribution in [-0.2, 0) is 0 Å². The topological polar surface area (TPSA) is 38.0 Å². The number of hydrogen-bond acceptors (Lipinski definition) is 2. The van der Waals surface area contributed by atoms with Crippen LogP contribution in [0, 0.1) is 19.3 Å². The van der Waals surface area contributed by atoms with Gasteiger partial charge in [-0.1, -0.05) is 6.07 Å². The molecule has 2 nitrogen and oxygen atoms in total. The fraction of sp³-hybridized carbons (Fsp3) is 0.538. The molecule has 0 spiro atoms. The molecule has 0 aromatic heterocycles. The molecule has 0 heterocycles. The number of hydrogen-bond donors (Lipinski definition) is 2. The SMILES string of the molecule is Cc1ccc(NCC2(CN)CC2)cc1C. The summed E-state index contributed by atoms with van der Waals surface area (Å²) in [5.74, 6) is 0. The average Bonchev–Trinajstić information content (AvgIpc) is 3.01. The molecule has 1 aliphatic carbocycles. The summed E-state index contributed by atoms with van der Waals surface area (Å²) in [4.78, 5) is 0. The van der Waals surface area contributed by atoms with Crippen molar-refractivity contribution in [2.24, 2.45) is 11.1 Å². The van der Waals surface area contributed by atoms with Gasteiger partial charge in [-0.2, -0.15) is 0 Å². The summed E-state index contributed by atoms with van der Waals surface area (Å²) in [6.07, 6.45) is 2.56. The number of anilines is 1. The molecule has 1 fully saturated rings. The van der Waals surface area contributed by atoms with Crippen molar-refractivity contribution in [1.82, 2.24) is 0 Å². The standard InChI is InChI=1S/C13H20N2/c1-10-3-4-12(7-11(10)2)15-9-13(8-14)5-6-13/h3-4,7,15H,5-6,8-9,14H2,1-2H3. The predicted octanol–water partition coefficient (Wildman–Crippen LogP) is 2.45. The first-order valence-corrected chi connectivity index (χ1v) is 5.66. The van der Waals surface area contributed by atoms with Crippen molar-refractivity contribution in [2.75, 3.05) is 18.4 Å². The van der Waals surface area contributed by atoms with Crippen LogP contribution in [0.5, 0.6) is 0 Å². The number of benzene rings is 1. The normalized spacial score (nSPS) is 17.5. The lowest BCUT2D eigenvalue weighted by atomic mass is 10.1. The number of nitrogens with two attached hydrogens (primary N) is 1.